The molecule has 1 aromatic carbocycles. The lowest BCUT2D eigenvalue weighted by Gasteiger charge is -2.31. The number of hydrogen-bond donors (Lipinski definition) is 3. The molecule has 0 bridgehead atoms. The van der Waals surface area contributed by atoms with Gasteiger partial charge in [-0.1, -0.05) is 12.1 Å². The molecule has 1 aliphatic rings. The van der Waals surface area contributed by atoms with E-state index in [1.54, 1.807) is 0 Å². The number of hydrazone groups is 1. The Hall–Kier alpha value is -2.57. The Morgan fingerprint density at radius 3 is 2.43 bits per heavy atom. The van der Waals surface area contributed by atoms with Gasteiger partial charge in [-0.2, -0.15) is 5.10 Å². The predicted molar refractivity (Wildman–Crippen MR) is 79.3 cm³/mol. The third-order valence-electron chi connectivity index (χ3n) is 3.49. The van der Waals surface area contributed by atoms with Gasteiger partial charge in [0.1, 0.15) is 0 Å². The number of aliphatic carboxylic acids is 1. The minimum absolute atomic E-state index is 0.229. The summed E-state index contributed by atoms with van der Waals surface area (Å²) in [5.74, 6) is -0.935. The van der Waals surface area contributed by atoms with Crippen LogP contribution >= 0.6 is 0 Å². The van der Waals surface area contributed by atoms with Gasteiger partial charge in [0, 0.05) is 18.8 Å². The van der Waals surface area contributed by atoms with Crippen LogP contribution in [0.15, 0.2) is 29.4 Å². The summed E-state index contributed by atoms with van der Waals surface area (Å²) in [6.45, 7) is 1.49. The van der Waals surface area contributed by atoms with Crippen molar-refractivity contribution >= 4 is 23.9 Å². The highest BCUT2D eigenvalue weighted by molar-refractivity contribution is 5.82. The number of piperidine rings is 1. The molecular formula is C14H18N4O3. The van der Waals surface area contributed by atoms with Crippen molar-refractivity contribution in [1.29, 1.82) is 0 Å². The van der Waals surface area contributed by atoms with Gasteiger partial charge in [0.15, 0.2) is 0 Å². The Labute approximate surface area is 122 Å². The van der Waals surface area contributed by atoms with Crippen LogP contribution in [0.3, 0.4) is 0 Å². The van der Waals surface area contributed by atoms with Crippen molar-refractivity contribution < 1.29 is 14.7 Å². The normalized spacial score (nSPS) is 16.1. The first-order valence-corrected chi connectivity index (χ1v) is 6.72. The first-order chi connectivity index (χ1) is 10.1. The predicted octanol–water partition coefficient (Wildman–Crippen LogP) is 0.990. The van der Waals surface area contributed by atoms with Crippen LogP contribution in [-0.2, 0) is 4.79 Å². The smallest absolute Gasteiger partial charge is 0.332 e. The summed E-state index contributed by atoms with van der Waals surface area (Å²) in [7, 11) is 0. The Morgan fingerprint density at radius 2 is 1.90 bits per heavy atom. The van der Waals surface area contributed by atoms with Crippen LogP contribution in [0.4, 0.5) is 10.5 Å². The maximum Gasteiger partial charge on any atom is 0.332 e. The molecule has 0 aliphatic carbocycles. The molecule has 4 N–H and O–H groups in total. The maximum atomic E-state index is 10.9. The third-order valence-corrected chi connectivity index (χ3v) is 3.49. The number of urea groups is 1. The molecule has 7 nitrogen and oxygen atoms in total. The number of primary amides is 1. The largest absolute Gasteiger partial charge is 0.481 e. The number of carbonyl (C=O) groups is 2. The highest BCUT2D eigenvalue weighted by Crippen LogP contribution is 2.23. The molecule has 7 heteroatoms. The minimum Gasteiger partial charge on any atom is -0.481 e. The van der Waals surface area contributed by atoms with Gasteiger partial charge >= 0.3 is 12.0 Å². The molecule has 2 rings (SSSR count). The summed E-state index contributed by atoms with van der Waals surface area (Å²) >= 11 is 0. The summed E-state index contributed by atoms with van der Waals surface area (Å²) in [6, 6.07) is 6.96. The summed E-state index contributed by atoms with van der Waals surface area (Å²) < 4.78 is 0. The standard InChI is InChI=1S/C14H18N4O3/c15-14(21)17-16-9-10-1-3-12(4-2-10)18-7-5-11(6-8-18)13(19)20/h1-4,9,11H,5-8H2,(H,19,20)(H3,15,17,21). The van der Waals surface area contributed by atoms with Crippen molar-refractivity contribution in [3.8, 4) is 0 Å². The molecule has 21 heavy (non-hydrogen) atoms. The molecule has 0 radical (unpaired) electrons. The van der Waals surface area contributed by atoms with Gasteiger partial charge in [0.2, 0.25) is 0 Å². The Morgan fingerprint density at radius 1 is 1.29 bits per heavy atom. The Kier molecular flexibility index (Phi) is 4.76. The topological polar surface area (TPSA) is 108 Å². The molecule has 1 aromatic rings. The zero-order chi connectivity index (χ0) is 15.2. The van der Waals surface area contributed by atoms with Gasteiger partial charge in [0.05, 0.1) is 12.1 Å². The third kappa shape index (κ3) is 4.20. The fourth-order valence-electron chi connectivity index (χ4n) is 2.33. The van der Waals surface area contributed by atoms with E-state index in [1.165, 1.54) is 6.21 Å². The molecule has 0 saturated carbocycles. The number of hydrogen-bond acceptors (Lipinski definition) is 4. The number of amides is 2. The van der Waals surface area contributed by atoms with Crippen LogP contribution in [0.2, 0.25) is 0 Å². The van der Waals surface area contributed by atoms with Crippen molar-refractivity contribution in [3.63, 3.8) is 0 Å². The molecule has 0 spiro atoms. The van der Waals surface area contributed by atoms with E-state index < -0.39 is 12.0 Å². The number of benzene rings is 1. The fourth-order valence-corrected chi connectivity index (χ4v) is 2.33. The lowest BCUT2D eigenvalue weighted by atomic mass is 9.96. The van der Waals surface area contributed by atoms with Gasteiger partial charge in [-0.3, -0.25) is 4.79 Å². The highest BCUT2D eigenvalue weighted by Gasteiger charge is 2.24. The van der Waals surface area contributed by atoms with Crippen molar-refractivity contribution in [2.45, 2.75) is 12.8 Å². The van der Waals surface area contributed by atoms with Gasteiger partial charge in [-0.05, 0) is 30.5 Å². The number of carboxylic acid groups (broad SMARTS) is 1. The van der Waals surface area contributed by atoms with Gasteiger partial charge in [0.25, 0.3) is 0 Å². The van der Waals surface area contributed by atoms with Gasteiger partial charge in [-0.25, -0.2) is 10.2 Å². The van der Waals surface area contributed by atoms with Crippen LogP contribution in [0.1, 0.15) is 18.4 Å². The second-order valence-corrected chi connectivity index (χ2v) is 4.93. The average Bonchev–Trinajstić information content (AvgIpc) is 2.48. The van der Waals surface area contributed by atoms with E-state index in [2.05, 4.69) is 15.4 Å². The number of carbonyl (C=O) groups excluding carboxylic acids is 1. The van der Waals surface area contributed by atoms with Crippen molar-refractivity contribution in [2.24, 2.45) is 16.8 Å². The summed E-state index contributed by atoms with van der Waals surface area (Å²) in [5.41, 5.74) is 8.92. The molecule has 0 unspecified atom stereocenters. The summed E-state index contributed by atoms with van der Waals surface area (Å²) in [6.07, 6.45) is 2.84. The van der Waals surface area contributed by atoms with E-state index in [4.69, 9.17) is 10.8 Å². The monoisotopic (exact) mass is 290 g/mol. The lowest BCUT2D eigenvalue weighted by Crippen LogP contribution is -2.36. The van der Waals surface area contributed by atoms with E-state index in [0.717, 1.165) is 24.3 Å². The zero-order valence-electron chi connectivity index (χ0n) is 11.5. The second kappa shape index (κ2) is 6.74. The van der Waals surface area contributed by atoms with Crippen molar-refractivity contribution in [2.75, 3.05) is 18.0 Å². The number of nitrogens with one attached hydrogen (secondary N) is 1. The van der Waals surface area contributed by atoms with E-state index in [9.17, 15) is 9.59 Å². The number of nitrogens with zero attached hydrogens (tertiary/aromatic N) is 2. The van der Waals surface area contributed by atoms with E-state index in [1.807, 2.05) is 24.3 Å². The van der Waals surface area contributed by atoms with Gasteiger partial charge < -0.3 is 15.7 Å². The number of carboxylic acids is 1. The second-order valence-electron chi connectivity index (χ2n) is 4.93. The summed E-state index contributed by atoms with van der Waals surface area (Å²) in [4.78, 5) is 23.6. The molecule has 1 aliphatic heterocycles. The van der Waals surface area contributed by atoms with Gasteiger partial charge in [-0.15, -0.1) is 0 Å². The van der Waals surface area contributed by atoms with Crippen molar-refractivity contribution in [3.05, 3.63) is 29.8 Å². The average molecular weight is 290 g/mol. The van der Waals surface area contributed by atoms with Crippen LogP contribution in [0.25, 0.3) is 0 Å². The van der Waals surface area contributed by atoms with E-state index in [-0.39, 0.29) is 5.92 Å². The molecule has 0 aromatic heterocycles. The Bertz CT molecular complexity index is 534. The number of nitrogens with two attached hydrogens (primary N) is 1. The first kappa shape index (κ1) is 14.8. The number of anilines is 1. The van der Waals surface area contributed by atoms with E-state index in [0.29, 0.717) is 12.8 Å². The minimum atomic E-state index is -0.705. The zero-order valence-corrected chi connectivity index (χ0v) is 11.5. The lowest BCUT2D eigenvalue weighted by molar-refractivity contribution is -0.142. The van der Waals surface area contributed by atoms with E-state index >= 15 is 0 Å². The molecular weight excluding hydrogens is 272 g/mol. The number of rotatable bonds is 4. The van der Waals surface area contributed by atoms with Crippen molar-refractivity contribution in [1.82, 2.24) is 5.43 Å². The SMILES string of the molecule is NC(=O)NN=Cc1ccc(N2CCC(C(=O)O)CC2)cc1. The van der Waals surface area contributed by atoms with Crippen LogP contribution in [0.5, 0.6) is 0 Å². The molecule has 1 fully saturated rings. The molecule has 1 saturated heterocycles. The maximum absolute atomic E-state index is 10.9. The molecule has 2 amide bonds. The van der Waals surface area contributed by atoms with Crippen LogP contribution in [0, 0.1) is 5.92 Å². The summed E-state index contributed by atoms with van der Waals surface area (Å²) in [5, 5.41) is 12.7. The fraction of sp³-hybridized carbons (Fsp3) is 0.357. The molecule has 0 atom stereocenters. The molecule has 1 heterocycles. The van der Waals surface area contributed by atoms with Crippen LogP contribution in [-0.4, -0.2) is 36.4 Å². The van der Waals surface area contributed by atoms with Crippen LogP contribution < -0.4 is 16.1 Å². The Balaban J connectivity index is 1.92. The molecule has 112 valence electrons. The quantitative estimate of drug-likeness (QED) is 0.567. The highest BCUT2D eigenvalue weighted by atomic mass is 16.4. The first-order valence-electron chi connectivity index (χ1n) is 6.72.